The third kappa shape index (κ3) is 5.83. The van der Waals surface area contributed by atoms with Crippen molar-refractivity contribution in [1.82, 2.24) is 9.80 Å². The highest BCUT2D eigenvalue weighted by Gasteiger charge is 2.36. The second-order valence-electron chi connectivity index (χ2n) is 8.08. The number of hydrogen-bond donors (Lipinski definition) is 0. The predicted octanol–water partition coefficient (Wildman–Crippen LogP) is 1.97. The zero-order valence-corrected chi connectivity index (χ0v) is 17.6. The van der Waals surface area contributed by atoms with E-state index >= 15 is 0 Å². The van der Waals surface area contributed by atoms with Crippen LogP contribution >= 0.6 is 0 Å². The van der Waals surface area contributed by atoms with Gasteiger partial charge in [0, 0.05) is 25.9 Å². The van der Waals surface area contributed by atoms with E-state index in [1.165, 1.54) is 0 Å². The van der Waals surface area contributed by atoms with Crippen LogP contribution in [0.15, 0.2) is 12.2 Å². The van der Waals surface area contributed by atoms with Crippen LogP contribution in [0.5, 0.6) is 0 Å². The Balaban J connectivity index is 1.61. The molecule has 0 aromatic rings. The number of ether oxygens (including phenoxy) is 2. The van der Waals surface area contributed by atoms with Gasteiger partial charge in [0.25, 0.3) is 0 Å². The minimum Gasteiger partial charge on any atom is -0.464 e. The van der Waals surface area contributed by atoms with Crippen molar-refractivity contribution in [2.24, 2.45) is 0 Å². The first kappa shape index (κ1) is 22.3. The largest absolute Gasteiger partial charge is 0.464 e. The number of cyclic esters (lactones) is 2. The van der Waals surface area contributed by atoms with E-state index in [-0.39, 0.29) is 37.0 Å². The van der Waals surface area contributed by atoms with E-state index < -0.39 is 12.1 Å². The van der Waals surface area contributed by atoms with Crippen molar-refractivity contribution >= 4 is 23.8 Å². The standard InChI is InChI=1S/C22H32N2O6/c25-19-11-3-4-12-20(26)24-14-8-10-18(24)22(28)30-16-6-2-1-5-15-29-21(27)17-9-7-13-23(17)19/h1-2,17-18H,3-16H2/b2-1-/t17-,18-/m1/s1. The van der Waals surface area contributed by atoms with E-state index in [1.54, 1.807) is 9.80 Å². The molecule has 0 radical (unpaired) electrons. The van der Waals surface area contributed by atoms with Gasteiger partial charge < -0.3 is 19.3 Å². The highest BCUT2D eigenvalue weighted by molar-refractivity contribution is 5.86. The highest BCUT2D eigenvalue weighted by Crippen LogP contribution is 2.22. The summed E-state index contributed by atoms with van der Waals surface area (Å²) in [6.07, 6.45) is 9.59. The zero-order chi connectivity index (χ0) is 21.3. The van der Waals surface area contributed by atoms with Gasteiger partial charge in [0.15, 0.2) is 0 Å². The van der Waals surface area contributed by atoms with Crippen LogP contribution < -0.4 is 0 Å². The Bertz CT molecular complexity index is 621. The summed E-state index contributed by atoms with van der Waals surface area (Å²) < 4.78 is 10.7. The Morgan fingerprint density at radius 3 is 1.53 bits per heavy atom. The topological polar surface area (TPSA) is 93.2 Å². The summed E-state index contributed by atoms with van der Waals surface area (Å²) in [5.41, 5.74) is 0. The monoisotopic (exact) mass is 420 g/mol. The average Bonchev–Trinajstić information content (AvgIpc) is 3.41. The lowest BCUT2D eigenvalue weighted by atomic mass is 10.1. The van der Waals surface area contributed by atoms with Gasteiger partial charge in [0.2, 0.25) is 11.8 Å². The highest BCUT2D eigenvalue weighted by atomic mass is 16.5. The molecule has 3 aliphatic rings. The van der Waals surface area contributed by atoms with Crippen LogP contribution in [0.4, 0.5) is 0 Å². The van der Waals surface area contributed by atoms with Crippen LogP contribution in [0.2, 0.25) is 0 Å². The van der Waals surface area contributed by atoms with Crippen LogP contribution in [0.3, 0.4) is 0 Å². The first-order valence-electron chi connectivity index (χ1n) is 11.1. The van der Waals surface area contributed by atoms with Crippen LogP contribution in [-0.2, 0) is 28.7 Å². The van der Waals surface area contributed by atoms with Gasteiger partial charge in [0.1, 0.15) is 12.1 Å². The van der Waals surface area contributed by atoms with Crippen molar-refractivity contribution in [3.05, 3.63) is 12.2 Å². The van der Waals surface area contributed by atoms with Crippen LogP contribution in [0, 0.1) is 0 Å². The zero-order valence-electron chi connectivity index (χ0n) is 17.6. The molecule has 0 aromatic carbocycles. The third-order valence-electron chi connectivity index (χ3n) is 5.95. The molecule has 0 aliphatic carbocycles. The van der Waals surface area contributed by atoms with E-state index in [0.717, 1.165) is 12.8 Å². The Morgan fingerprint density at radius 2 is 1.10 bits per heavy atom. The number of hydrogen-bond acceptors (Lipinski definition) is 6. The number of fused-ring (bicyclic) bond motifs is 2. The van der Waals surface area contributed by atoms with Gasteiger partial charge in [-0.2, -0.15) is 0 Å². The molecule has 2 atom stereocenters. The number of carbonyl (C=O) groups is 4. The molecule has 2 fully saturated rings. The molecule has 3 aliphatic heterocycles. The maximum absolute atomic E-state index is 12.6. The molecule has 166 valence electrons. The van der Waals surface area contributed by atoms with Crippen LogP contribution in [0.1, 0.15) is 64.2 Å². The van der Waals surface area contributed by atoms with Crippen LogP contribution in [0.25, 0.3) is 0 Å². The Labute approximate surface area is 177 Å². The fraction of sp³-hybridized carbons (Fsp3) is 0.727. The molecule has 8 nitrogen and oxygen atoms in total. The smallest absolute Gasteiger partial charge is 0.328 e. The molecule has 0 unspecified atom stereocenters. The summed E-state index contributed by atoms with van der Waals surface area (Å²) >= 11 is 0. The predicted molar refractivity (Wildman–Crippen MR) is 108 cm³/mol. The minimum atomic E-state index is -0.488. The molecule has 8 heteroatoms. The average molecular weight is 421 g/mol. The number of amides is 2. The molecule has 0 N–H and O–H groups in total. The molecule has 3 heterocycles. The molecule has 3 rings (SSSR count). The van der Waals surface area contributed by atoms with E-state index in [0.29, 0.717) is 64.5 Å². The Morgan fingerprint density at radius 1 is 0.667 bits per heavy atom. The Kier molecular flexibility index (Phi) is 8.28. The van der Waals surface area contributed by atoms with Crippen molar-refractivity contribution in [1.29, 1.82) is 0 Å². The van der Waals surface area contributed by atoms with E-state index in [1.807, 2.05) is 12.2 Å². The second-order valence-corrected chi connectivity index (χ2v) is 8.08. The molecule has 2 saturated heterocycles. The van der Waals surface area contributed by atoms with Gasteiger partial charge in [0.05, 0.1) is 13.2 Å². The lowest BCUT2D eigenvalue weighted by Gasteiger charge is -2.24. The van der Waals surface area contributed by atoms with Gasteiger partial charge in [-0.1, -0.05) is 12.2 Å². The number of carbonyl (C=O) groups excluding carboxylic acids is 4. The first-order valence-corrected chi connectivity index (χ1v) is 11.1. The summed E-state index contributed by atoms with van der Waals surface area (Å²) in [5.74, 6) is -0.793. The molecule has 0 bridgehead atoms. The molecule has 0 aromatic heterocycles. The maximum atomic E-state index is 12.6. The summed E-state index contributed by atoms with van der Waals surface area (Å²) in [6.45, 7) is 1.70. The fourth-order valence-corrected chi connectivity index (χ4v) is 4.34. The van der Waals surface area contributed by atoms with Gasteiger partial charge >= 0.3 is 11.9 Å². The quantitative estimate of drug-likeness (QED) is 0.439. The first-order chi connectivity index (χ1) is 14.6. The molecule has 0 spiro atoms. The molecule has 2 amide bonds. The van der Waals surface area contributed by atoms with Gasteiger partial charge in [-0.25, -0.2) is 9.59 Å². The van der Waals surface area contributed by atoms with Crippen molar-refractivity contribution in [2.75, 3.05) is 26.3 Å². The third-order valence-corrected chi connectivity index (χ3v) is 5.95. The second kappa shape index (κ2) is 11.1. The van der Waals surface area contributed by atoms with Crippen molar-refractivity contribution in [3.8, 4) is 0 Å². The lowest BCUT2D eigenvalue weighted by Crippen LogP contribution is -2.42. The van der Waals surface area contributed by atoms with Crippen molar-refractivity contribution in [3.63, 3.8) is 0 Å². The molecular formula is C22H32N2O6. The summed E-state index contributed by atoms with van der Waals surface area (Å²) in [6, 6.07) is -0.975. The summed E-state index contributed by atoms with van der Waals surface area (Å²) in [4.78, 5) is 53.1. The fourth-order valence-electron chi connectivity index (χ4n) is 4.34. The molecule has 30 heavy (non-hydrogen) atoms. The number of esters is 2. The van der Waals surface area contributed by atoms with Gasteiger partial charge in [-0.15, -0.1) is 0 Å². The van der Waals surface area contributed by atoms with E-state index in [4.69, 9.17) is 9.47 Å². The van der Waals surface area contributed by atoms with E-state index in [9.17, 15) is 19.2 Å². The Hall–Kier alpha value is -2.38. The maximum Gasteiger partial charge on any atom is 0.328 e. The lowest BCUT2D eigenvalue weighted by molar-refractivity contribution is -0.153. The summed E-state index contributed by atoms with van der Waals surface area (Å²) in [7, 11) is 0. The van der Waals surface area contributed by atoms with Crippen molar-refractivity contribution < 1.29 is 28.7 Å². The summed E-state index contributed by atoms with van der Waals surface area (Å²) in [5, 5.41) is 0. The van der Waals surface area contributed by atoms with E-state index in [2.05, 4.69) is 0 Å². The normalized spacial score (nSPS) is 29.1. The minimum absolute atomic E-state index is 0.0566. The van der Waals surface area contributed by atoms with Gasteiger partial charge in [-0.3, -0.25) is 9.59 Å². The number of nitrogens with zero attached hydrogens (tertiary/aromatic N) is 2. The van der Waals surface area contributed by atoms with Crippen LogP contribution in [-0.4, -0.2) is 71.9 Å². The number of rotatable bonds is 0. The molecular weight excluding hydrogens is 388 g/mol. The van der Waals surface area contributed by atoms with Gasteiger partial charge in [-0.05, 0) is 51.4 Å². The molecule has 0 saturated carbocycles. The van der Waals surface area contributed by atoms with Crippen molar-refractivity contribution in [2.45, 2.75) is 76.3 Å². The SMILES string of the molecule is O=C1OCC/C=C\CCOC(=O)[C@H]2CCCN2C(=O)CCCCC(=O)N2CCC[C@H]12.